The van der Waals surface area contributed by atoms with E-state index < -0.39 is 0 Å². The standard InChI is InChI=1S/C12H16ClN3S/c1-7-8-5-9(15-12(8)17-11(7)13)10-6-16(2)4-3-14-10/h5,10,14-15H,3-4,6H2,1-2H3. The zero-order valence-corrected chi connectivity index (χ0v) is 11.6. The second kappa shape index (κ2) is 4.28. The molecule has 2 aromatic heterocycles. The number of H-pyrrole nitrogens is 1. The van der Waals surface area contributed by atoms with Gasteiger partial charge in [0.1, 0.15) is 4.83 Å². The number of likely N-dealkylation sites (N-methyl/N-ethyl adjacent to an activating group) is 1. The molecular formula is C12H16ClN3S. The Balaban J connectivity index is 1.95. The molecule has 3 heterocycles. The number of hydrogen-bond donors (Lipinski definition) is 2. The van der Waals surface area contributed by atoms with Crippen LogP contribution in [-0.2, 0) is 0 Å². The van der Waals surface area contributed by atoms with Gasteiger partial charge in [0.15, 0.2) is 0 Å². The van der Waals surface area contributed by atoms with Crippen LogP contribution in [0.1, 0.15) is 17.3 Å². The van der Waals surface area contributed by atoms with Crippen LogP contribution in [0, 0.1) is 6.92 Å². The lowest BCUT2D eigenvalue weighted by Gasteiger charge is -2.30. The minimum atomic E-state index is 0.409. The first-order chi connectivity index (χ1) is 8.15. The molecule has 1 fully saturated rings. The maximum Gasteiger partial charge on any atom is 0.102 e. The van der Waals surface area contributed by atoms with Crippen molar-refractivity contribution < 1.29 is 0 Å². The molecule has 1 atom stereocenters. The van der Waals surface area contributed by atoms with Crippen molar-refractivity contribution >= 4 is 33.2 Å². The zero-order chi connectivity index (χ0) is 12.0. The molecule has 0 aliphatic carbocycles. The summed E-state index contributed by atoms with van der Waals surface area (Å²) in [5.41, 5.74) is 2.47. The lowest BCUT2D eigenvalue weighted by atomic mass is 10.1. The molecule has 1 aliphatic heterocycles. The molecule has 2 aromatic rings. The monoisotopic (exact) mass is 269 g/mol. The van der Waals surface area contributed by atoms with E-state index in [0.717, 1.165) is 24.0 Å². The molecule has 2 N–H and O–H groups in total. The number of thiophene rings is 1. The molecule has 1 aliphatic rings. The van der Waals surface area contributed by atoms with Gasteiger partial charge in [0, 0.05) is 30.7 Å². The third-order valence-corrected chi connectivity index (χ3v) is 4.97. The number of fused-ring (bicyclic) bond motifs is 1. The van der Waals surface area contributed by atoms with E-state index in [1.54, 1.807) is 11.3 Å². The van der Waals surface area contributed by atoms with Gasteiger partial charge in [-0.2, -0.15) is 0 Å². The van der Waals surface area contributed by atoms with Crippen molar-refractivity contribution in [1.29, 1.82) is 0 Å². The quantitative estimate of drug-likeness (QED) is 0.834. The molecule has 0 aromatic carbocycles. The molecule has 0 radical (unpaired) electrons. The molecule has 0 amide bonds. The predicted molar refractivity (Wildman–Crippen MR) is 74.2 cm³/mol. The van der Waals surface area contributed by atoms with E-state index in [1.165, 1.54) is 21.5 Å². The summed E-state index contributed by atoms with van der Waals surface area (Å²) >= 11 is 7.76. The number of aromatic amines is 1. The van der Waals surface area contributed by atoms with Crippen LogP contribution in [0.25, 0.3) is 10.2 Å². The summed E-state index contributed by atoms with van der Waals surface area (Å²) in [6, 6.07) is 2.65. The van der Waals surface area contributed by atoms with Crippen molar-refractivity contribution in [3.63, 3.8) is 0 Å². The summed E-state index contributed by atoms with van der Waals surface area (Å²) in [5.74, 6) is 0. The third kappa shape index (κ3) is 1.99. The Hall–Kier alpha value is -0.550. The fourth-order valence-corrected chi connectivity index (χ4v) is 3.65. The van der Waals surface area contributed by atoms with E-state index in [2.05, 4.69) is 35.2 Å². The third-order valence-electron chi connectivity index (χ3n) is 3.45. The highest BCUT2D eigenvalue weighted by Crippen LogP contribution is 2.35. The normalized spacial score (nSPS) is 22.4. The van der Waals surface area contributed by atoms with Crippen molar-refractivity contribution in [2.45, 2.75) is 13.0 Å². The lowest BCUT2D eigenvalue weighted by Crippen LogP contribution is -2.43. The molecule has 0 saturated carbocycles. The Bertz CT molecular complexity index is 545. The molecule has 0 bridgehead atoms. The Morgan fingerprint density at radius 1 is 1.53 bits per heavy atom. The van der Waals surface area contributed by atoms with Gasteiger partial charge >= 0.3 is 0 Å². The highest BCUT2D eigenvalue weighted by Gasteiger charge is 2.21. The topological polar surface area (TPSA) is 31.1 Å². The number of halogens is 1. The first kappa shape index (κ1) is 11.5. The number of aromatic nitrogens is 1. The van der Waals surface area contributed by atoms with Gasteiger partial charge in [0.25, 0.3) is 0 Å². The molecule has 1 unspecified atom stereocenters. The van der Waals surface area contributed by atoms with Crippen LogP contribution < -0.4 is 5.32 Å². The Morgan fingerprint density at radius 2 is 2.35 bits per heavy atom. The summed E-state index contributed by atoms with van der Waals surface area (Å²) in [6.07, 6.45) is 0. The maximum absolute atomic E-state index is 6.13. The lowest BCUT2D eigenvalue weighted by molar-refractivity contribution is 0.239. The van der Waals surface area contributed by atoms with E-state index in [0.29, 0.717) is 6.04 Å². The maximum atomic E-state index is 6.13. The van der Waals surface area contributed by atoms with Gasteiger partial charge in [0.05, 0.1) is 10.4 Å². The summed E-state index contributed by atoms with van der Waals surface area (Å²) in [6.45, 7) is 5.31. The molecule has 3 nitrogen and oxygen atoms in total. The zero-order valence-electron chi connectivity index (χ0n) is 10.0. The molecular weight excluding hydrogens is 254 g/mol. The summed E-state index contributed by atoms with van der Waals surface area (Å²) < 4.78 is 0.895. The second-order valence-corrected chi connectivity index (χ2v) is 6.36. The van der Waals surface area contributed by atoms with Gasteiger partial charge in [-0.05, 0) is 25.6 Å². The van der Waals surface area contributed by atoms with Crippen LogP contribution in [0.15, 0.2) is 6.07 Å². The average molecular weight is 270 g/mol. The Labute approximate surface area is 110 Å². The fraction of sp³-hybridized carbons (Fsp3) is 0.500. The van der Waals surface area contributed by atoms with Crippen LogP contribution in [0.3, 0.4) is 0 Å². The average Bonchev–Trinajstić information content (AvgIpc) is 2.81. The van der Waals surface area contributed by atoms with Crippen molar-refractivity contribution in [2.75, 3.05) is 26.7 Å². The van der Waals surface area contributed by atoms with E-state index in [1.807, 2.05) is 0 Å². The van der Waals surface area contributed by atoms with Crippen LogP contribution in [-0.4, -0.2) is 36.6 Å². The number of rotatable bonds is 1. The molecule has 0 spiro atoms. The summed E-state index contributed by atoms with van der Waals surface area (Å²) in [7, 11) is 2.17. The van der Waals surface area contributed by atoms with E-state index in [4.69, 9.17) is 11.6 Å². The van der Waals surface area contributed by atoms with Crippen LogP contribution in [0.2, 0.25) is 4.34 Å². The fourth-order valence-electron chi connectivity index (χ4n) is 2.38. The van der Waals surface area contributed by atoms with Crippen molar-refractivity contribution in [3.05, 3.63) is 21.7 Å². The molecule has 5 heteroatoms. The smallest absolute Gasteiger partial charge is 0.102 e. The highest BCUT2D eigenvalue weighted by atomic mass is 35.5. The number of nitrogens with one attached hydrogen (secondary N) is 2. The Morgan fingerprint density at radius 3 is 3.06 bits per heavy atom. The van der Waals surface area contributed by atoms with Gasteiger partial charge in [-0.1, -0.05) is 11.6 Å². The van der Waals surface area contributed by atoms with Crippen LogP contribution >= 0.6 is 22.9 Å². The summed E-state index contributed by atoms with van der Waals surface area (Å²) in [5, 5.41) is 4.82. The van der Waals surface area contributed by atoms with E-state index >= 15 is 0 Å². The predicted octanol–water partition coefficient (Wildman–Crippen LogP) is 2.77. The van der Waals surface area contributed by atoms with Gasteiger partial charge in [-0.3, -0.25) is 0 Å². The van der Waals surface area contributed by atoms with Crippen LogP contribution in [0.5, 0.6) is 0 Å². The molecule has 17 heavy (non-hydrogen) atoms. The number of aryl methyl sites for hydroxylation is 1. The number of nitrogens with zero attached hydrogens (tertiary/aromatic N) is 1. The van der Waals surface area contributed by atoms with Crippen molar-refractivity contribution in [3.8, 4) is 0 Å². The van der Waals surface area contributed by atoms with Crippen molar-refractivity contribution in [2.24, 2.45) is 0 Å². The number of hydrogen-bond acceptors (Lipinski definition) is 3. The summed E-state index contributed by atoms with van der Waals surface area (Å²) in [4.78, 5) is 7.04. The Kier molecular flexibility index (Phi) is 2.91. The SMILES string of the molecule is Cc1c(Cl)sc2[nH]c(C3CN(C)CCN3)cc12. The van der Waals surface area contributed by atoms with E-state index in [-0.39, 0.29) is 0 Å². The minimum Gasteiger partial charge on any atom is -0.349 e. The first-order valence-corrected chi connectivity index (χ1v) is 7.04. The minimum absolute atomic E-state index is 0.409. The van der Waals surface area contributed by atoms with Gasteiger partial charge in [-0.15, -0.1) is 11.3 Å². The molecule has 92 valence electrons. The van der Waals surface area contributed by atoms with Gasteiger partial charge < -0.3 is 15.2 Å². The largest absolute Gasteiger partial charge is 0.349 e. The molecule has 1 saturated heterocycles. The number of piperazine rings is 1. The molecule has 3 rings (SSSR count). The van der Waals surface area contributed by atoms with Gasteiger partial charge in [-0.25, -0.2) is 0 Å². The highest BCUT2D eigenvalue weighted by molar-refractivity contribution is 7.22. The van der Waals surface area contributed by atoms with Crippen molar-refractivity contribution in [1.82, 2.24) is 15.2 Å². The second-order valence-electron chi connectivity index (χ2n) is 4.74. The first-order valence-electron chi connectivity index (χ1n) is 5.84. The van der Waals surface area contributed by atoms with E-state index in [9.17, 15) is 0 Å². The van der Waals surface area contributed by atoms with Gasteiger partial charge in [0.2, 0.25) is 0 Å². The van der Waals surface area contributed by atoms with Crippen LogP contribution in [0.4, 0.5) is 0 Å².